The molecule has 2 unspecified atom stereocenters. The lowest BCUT2D eigenvalue weighted by Gasteiger charge is -2.23. The van der Waals surface area contributed by atoms with Gasteiger partial charge in [0.25, 0.3) is 0 Å². The third-order valence-electron chi connectivity index (χ3n) is 5.09. The smallest absolute Gasteiger partial charge is 0.227 e. The van der Waals surface area contributed by atoms with E-state index in [9.17, 15) is 9.59 Å². The summed E-state index contributed by atoms with van der Waals surface area (Å²) >= 11 is 0. The second kappa shape index (κ2) is 9.20. The van der Waals surface area contributed by atoms with Gasteiger partial charge in [-0.15, -0.1) is 12.4 Å². The molecule has 3 rings (SSSR count). The van der Waals surface area contributed by atoms with Crippen LogP contribution >= 0.6 is 12.4 Å². The topological polar surface area (TPSA) is 61.4 Å². The molecular formula is C19H28ClN3O2. The van der Waals surface area contributed by atoms with E-state index in [0.717, 1.165) is 30.8 Å². The standard InChI is InChI=1S/C19H27N3O2.ClH/c1-14-4-6-17(7-5-14)22-13-16(11-18(22)23)19(24)21-10-8-15-3-2-9-20-12-15;/h4-7,15-16,20H,2-3,8-13H2,1H3,(H,21,24);1H. The van der Waals surface area contributed by atoms with Crippen LogP contribution in [0, 0.1) is 18.8 Å². The third-order valence-corrected chi connectivity index (χ3v) is 5.09. The van der Waals surface area contributed by atoms with Crippen molar-refractivity contribution in [2.45, 2.75) is 32.6 Å². The molecule has 6 heteroatoms. The summed E-state index contributed by atoms with van der Waals surface area (Å²) in [4.78, 5) is 26.3. The van der Waals surface area contributed by atoms with Gasteiger partial charge in [0, 0.05) is 25.2 Å². The first kappa shape index (κ1) is 19.7. The molecule has 0 saturated carbocycles. The Morgan fingerprint density at radius 2 is 2.08 bits per heavy atom. The normalized spacial score (nSPS) is 23.2. The first-order chi connectivity index (χ1) is 11.6. The number of carbonyl (C=O) groups is 2. The lowest BCUT2D eigenvalue weighted by Crippen LogP contribution is -2.36. The van der Waals surface area contributed by atoms with Crippen molar-refractivity contribution in [3.63, 3.8) is 0 Å². The molecule has 2 saturated heterocycles. The molecule has 2 aliphatic rings. The Kier molecular flexibility index (Phi) is 7.26. The Labute approximate surface area is 155 Å². The van der Waals surface area contributed by atoms with E-state index in [1.54, 1.807) is 4.90 Å². The summed E-state index contributed by atoms with van der Waals surface area (Å²) in [7, 11) is 0. The number of amides is 2. The number of hydrogen-bond acceptors (Lipinski definition) is 3. The van der Waals surface area contributed by atoms with E-state index in [0.29, 0.717) is 25.4 Å². The summed E-state index contributed by atoms with van der Waals surface area (Å²) in [6.45, 7) is 5.38. The molecule has 0 radical (unpaired) electrons. The Balaban J connectivity index is 0.00000225. The van der Waals surface area contributed by atoms with Crippen molar-refractivity contribution in [3.05, 3.63) is 29.8 Å². The third kappa shape index (κ3) is 5.19. The summed E-state index contributed by atoms with van der Waals surface area (Å²) in [5, 5.41) is 6.43. The molecule has 2 amide bonds. The summed E-state index contributed by atoms with van der Waals surface area (Å²) in [6.07, 6.45) is 3.79. The molecule has 0 aromatic heterocycles. The predicted octanol–water partition coefficient (Wildman–Crippen LogP) is 2.28. The molecule has 0 bridgehead atoms. The minimum absolute atomic E-state index is 0. The first-order valence-corrected chi connectivity index (χ1v) is 8.99. The molecule has 1 aromatic carbocycles. The van der Waals surface area contributed by atoms with E-state index in [1.807, 2.05) is 31.2 Å². The molecule has 0 spiro atoms. The van der Waals surface area contributed by atoms with E-state index in [1.165, 1.54) is 12.8 Å². The highest BCUT2D eigenvalue weighted by molar-refractivity contribution is 6.00. The molecule has 2 aliphatic heterocycles. The highest BCUT2D eigenvalue weighted by Crippen LogP contribution is 2.25. The van der Waals surface area contributed by atoms with Gasteiger partial charge in [0.2, 0.25) is 11.8 Å². The summed E-state index contributed by atoms with van der Waals surface area (Å²) in [6, 6.07) is 7.88. The number of aryl methyl sites for hydroxylation is 1. The van der Waals surface area contributed by atoms with Gasteiger partial charge in [-0.05, 0) is 57.3 Å². The Bertz CT molecular complexity index is 585. The van der Waals surface area contributed by atoms with Gasteiger partial charge in [0.1, 0.15) is 0 Å². The van der Waals surface area contributed by atoms with Crippen LogP contribution in [0.5, 0.6) is 0 Å². The van der Waals surface area contributed by atoms with Crippen molar-refractivity contribution >= 4 is 29.9 Å². The van der Waals surface area contributed by atoms with Crippen molar-refractivity contribution in [2.75, 3.05) is 31.1 Å². The molecule has 0 aliphatic carbocycles. The van der Waals surface area contributed by atoms with Gasteiger partial charge in [0.05, 0.1) is 5.92 Å². The fraction of sp³-hybridized carbons (Fsp3) is 0.579. The van der Waals surface area contributed by atoms with Gasteiger partial charge in [-0.25, -0.2) is 0 Å². The van der Waals surface area contributed by atoms with Crippen LogP contribution in [-0.4, -0.2) is 38.0 Å². The van der Waals surface area contributed by atoms with E-state index < -0.39 is 0 Å². The number of anilines is 1. The zero-order chi connectivity index (χ0) is 16.9. The van der Waals surface area contributed by atoms with Crippen LogP contribution in [0.1, 0.15) is 31.2 Å². The van der Waals surface area contributed by atoms with Crippen LogP contribution in [0.2, 0.25) is 0 Å². The van der Waals surface area contributed by atoms with E-state index >= 15 is 0 Å². The molecular weight excluding hydrogens is 338 g/mol. The molecule has 138 valence electrons. The van der Waals surface area contributed by atoms with Gasteiger partial charge in [-0.1, -0.05) is 17.7 Å². The Morgan fingerprint density at radius 1 is 1.32 bits per heavy atom. The molecule has 2 atom stereocenters. The van der Waals surface area contributed by atoms with Crippen LogP contribution in [-0.2, 0) is 9.59 Å². The SMILES string of the molecule is Cc1ccc(N2CC(C(=O)NCCC3CCCNC3)CC2=O)cc1.Cl. The fourth-order valence-corrected chi connectivity index (χ4v) is 3.57. The van der Waals surface area contributed by atoms with Crippen LogP contribution in [0.3, 0.4) is 0 Å². The molecule has 2 fully saturated rings. The minimum atomic E-state index is -0.233. The number of piperidine rings is 1. The van der Waals surface area contributed by atoms with Crippen molar-refractivity contribution in [1.82, 2.24) is 10.6 Å². The second-order valence-electron chi connectivity index (χ2n) is 7.03. The average molecular weight is 366 g/mol. The average Bonchev–Trinajstić information content (AvgIpc) is 2.98. The highest BCUT2D eigenvalue weighted by atomic mass is 35.5. The van der Waals surface area contributed by atoms with Crippen LogP contribution in [0.25, 0.3) is 0 Å². The van der Waals surface area contributed by atoms with Crippen molar-refractivity contribution in [2.24, 2.45) is 11.8 Å². The monoisotopic (exact) mass is 365 g/mol. The zero-order valence-corrected chi connectivity index (χ0v) is 15.6. The Morgan fingerprint density at radius 3 is 2.76 bits per heavy atom. The zero-order valence-electron chi connectivity index (χ0n) is 14.8. The van der Waals surface area contributed by atoms with Crippen molar-refractivity contribution in [1.29, 1.82) is 0 Å². The lowest BCUT2D eigenvalue weighted by atomic mass is 9.96. The maximum Gasteiger partial charge on any atom is 0.227 e. The Hall–Kier alpha value is -1.59. The number of carbonyl (C=O) groups excluding carboxylic acids is 2. The number of hydrogen-bond donors (Lipinski definition) is 2. The van der Waals surface area contributed by atoms with Crippen molar-refractivity contribution in [3.8, 4) is 0 Å². The first-order valence-electron chi connectivity index (χ1n) is 8.99. The molecule has 2 N–H and O–H groups in total. The highest BCUT2D eigenvalue weighted by Gasteiger charge is 2.34. The van der Waals surface area contributed by atoms with Gasteiger partial charge in [0.15, 0.2) is 0 Å². The number of rotatable bonds is 5. The molecule has 5 nitrogen and oxygen atoms in total. The summed E-state index contributed by atoms with van der Waals surface area (Å²) < 4.78 is 0. The number of nitrogens with one attached hydrogen (secondary N) is 2. The van der Waals surface area contributed by atoms with Gasteiger partial charge < -0.3 is 15.5 Å². The summed E-state index contributed by atoms with van der Waals surface area (Å²) in [5.41, 5.74) is 2.05. The van der Waals surface area contributed by atoms with E-state index in [2.05, 4.69) is 10.6 Å². The lowest BCUT2D eigenvalue weighted by molar-refractivity contribution is -0.126. The van der Waals surface area contributed by atoms with Gasteiger partial charge in [-0.2, -0.15) is 0 Å². The minimum Gasteiger partial charge on any atom is -0.356 e. The number of benzene rings is 1. The van der Waals surface area contributed by atoms with E-state index in [4.69, 9.17) is 0 Å². The second-order valence-corrected chi connectivity index (χ2v) is 7.03. The van der Waals surface area contributed by atoms with Gasteiger partial charge >= 0.3 is 0 Å². The quantitative estimate of drug-likeness (QED) is 0.841. The largest absolute Gasteiger partial charge is 0.356 e. The van der Waals surface area contributed by atoms with E-state index in [-0.39, 0.29) is 30.1 Å². The van der Waals surface area contributed by atoms with Crippen LogP contribution < -0.4 is 15.5 Å². The maximum atomic E-state index is 12.4. The molecule has 1 aromatic rings. The van der Waals surface area contributed by atoms with Crippen LogP contribution in [0.15, 0.2) is 24.3 Å². The number of halogens is 1. The molecule has 2 heterocycles. The van der Waals surface area contributed by atoms with Gasteiger partial charge in [-0.3, -0.25) is 9.59 Å². The van der Waals surface area contributed by atoms with Crippen LogP contribution in [0.4, 0.5) is 5.69 Å². The molecule has 25 heavy (non-hydrogen) atoms. The van der Waals surface area contributed by atoms with Crippen molar-refractivity contribution < 1.29 is 9.59 Å². The maximum absolute atomic E-state index is 12.4. The predicted molar refractivity (Wildman–Crippen MR) is 102 cm³/mol. The summed E-state index contributed by atoms with van der Waals surface area (Å²) in [5.74, 6) is 0.480. The number of nitrogens with zero attached hydrogens (tertiary/aromatic N) is 1. The fourth-order valence-electron chi connectivity index (χ4n) is 3.57.